The molecular weight excluding hydrogens is 177 g/mol. The van der Waals surface area contributed by atoms with Crippen LogP contribution in [-0.4, -0.2) is 6.54 Å². The van der Waals surface area contributed by atoms with Gasteiger partial charge in [0.25, 0.3) is 0 Å². The smallest absolute Gasteiger partial charge is 0.164 e. The van der Waals surface area contributed by atoms with Gasteiger partial charge in [0, 0.05) is 6.54 Å². The number of hydrogen-bond donors (Lipinski definition) is 1. The van der Waals surface area contributed by atoms with Gasteiger partial charge in [-0.1, -0.05) is 24.6 Å². The van der Waals surface area contributed by atoms with Gasteiger partial charge in [-0.05, 0) is 18.6 Å². The molecule has 0 aliphatic carbocycles. The van der Waals surface area contributed by atoms with Crippen LogP contribution in [0.3, 0.4) is 0 Å². The second-order valence-electron chi connectivity index (χ2n) is 2.53. The lowest BCUT2D eigenvalue weighted by molar-refractivity contribution is 0.630. The maximum Gasteiger partial charge on any atom is 0.164 e. The van der Waals surface area contributed by atoms with Crippen LogP contribution in [0.15, 0.2) is 18.2 Å². The average Bonchev–Trinajstić information content (AvgIpc) is 2.08. The Morgan fingerprint density at radius 1 is 1.50 bits per heavy atom. The fourth-order valence-corrected chi connectivity index (χ4v) is 1.07. The maximum atomic E-state index is 13.1. The van der Waals surface area contributed by atoms with Gasteiger partial charge in [0.2, 0.25) is 0 Å². The summed E-state index contributed by atoms with van der Waals surface area (Å²) in [6.07, 6.45) is 0.964. The van der Waals surface area contributed by atoms with E-state index in [0.29, 0.717) is 5.69 Å². The van der Waals surface area contributed by atoms with Crippen LogP contribution in [0.4, 0.5) is 10.1 Å². The third-order valence-corrected chi connectivity index (χ3v) is 1.81. The molecule has 1 aromatic rings. The largest absolute Gasteiger partial charge is 0.383 e. The van der Waals surface area contributed by atoms with E-state index in [0.717, 1.165) is 13.0 Å². The van der Waals surface area contributed by atoms with Gasteiger partial charge in [0.15, 0.2) is 5.82 Å². The summed E-state index contributed by atoms with van der Waals surface area (Å²) < 4.78 is 13.1. The van der Waals surface area contributed by atoms with Crippen LogP contribution in [0.5, 0.6) is 0 Å². The summed E-state index contributed by atoms with van der Waals surface area (Å²) in [4.78, 5) is 0. The van der Waals surface area contributed by atoms with Crippen molar-refractivity contribution in [2.75, 3.05) is 11.9 Å². The van der Waals surface area contributed by atoms with E-state index in [1.165, 1.54) is 6.07 Å². The first-order valence-electron chi connectivity index (χ1n) is 3.93. The molecule has 0 atom stereocenters. The Hall–Kier alpha value is -0.760. The third kappa shape index (κ3) is 2.11. The molecule has 0 radical (unpaired) electrons. The van der Waals surface area contributed by atoms with Gasteiger partial charge in [-0.25, -0.2) is 4.39 Å². The summed E-state index contributed by atoms with van der Waals surface area (Å²) in [6, 6.07) is 4.94. The summed E-state index contributed by atoms with van der Waals surface area (Å²) in [6.45, 7) is 2.78. The van der Waals surface area contributed by atoms with E-state index in [4.69, 9.17) is 11.6 Å². The molecule has 0 fully saturated rings. The summed E-state index contributed by atoms with van der Waals surface area (Å²) in [5.41, 5.74) is 0.476. The molecule has 0 spiro atoms. The van der Waals surface area contributed by atoms with Crippen LogP contribution in [0, 0.1) is 5.82 Å². The van der Waals surface area contributed by atoms with Crippen molar-refractivity contribution in [3.05, 3.63) is 29.0 Å². The minimum absolute atomic E-state index is 0.163. The van der Waals surface area contributed by atoms with E-state index >= 15 is 0 Å². The molecule has 0 aromatic heterocycles. The zero-order valence-corrected chi connectivity index (χ0v) is 7.66. The second-order valence-corrected chi connectivity index (χ2v) is 2.94. The van der Waals surface area contributed by atoms with Crippen LogP contribution in [-0.2, 0) is 0 Å². The van der Waals surface area contributed by atoms with Crippen molar-refractivity contribution in [1.82, 2.24) is 0 Å². The van der Waals surface area contributed by atoms with E-state index < -0.39 is 0 Å². The highest BCUT2D eigenvalue weighted by molar-refractivity contribution is 6.31. The third-order valence-electron chi connectivity index (χ3n) is 1.52. The van der Waals surface area contributed by atoms with Crippen LogP contribution in [0.1, 0.15) is 13.3 Å². The number of anilines is 1. The van der Waals surface area contributed by atoms with Crippen molar-refractivity contribution in [3.63, 3.8) is 0 Å². The predicted molar refractivity (Wildman–Crippen MR) is 50.2 cm³/mol. The number of benzene rings is 1. The molecule has 0 amide bonds. The van der Waals surface area contributed by atoms with Gasteiger partial charge in [-0.2, -0.15) is 0 Å². The fraction of sp³-hybridized carbons (Fsp3) is 0.333. The molecule has 1 N–H and O–H groups in total. The first-order valence-corrected chi connectivity index (χ1v) is 4.31. The monoisotopic (exact) mass is 187 g/mol. The van der Waals surface area contributed by atoms with Crippen LogP contribution in [0.25, 0.3) is 0 Å². The van der Waals surface area contributed by atoms with E-state index in [9.17, 15) is 4.39 Å². The highest BCUT2D eigenvalue weighted by Crippen LogP contribution is 2.21. The van der Waals surface area contributed by atoms with Gasteiger partial charge in [0.05, 0.1) is 10.7 Å². The Balaban J connectivity index is 2.78. The molecule has 1 aromatic carbocycles. The van der Waals surface area contributed by atoms with Crippen LogP contribution in [0.2, 0.25) is 5.02 Å². The highest BCUT2D eigenvalue weighted by Gasteiger charge is 2.03. The molecule has 0 saturated heterocycles. The molecule has 1 nitrogen and oxygen atoms in total. The molecule has 0 saturated carbocycles. The van der Waals surface area contributed by atoms with E-state index in [1.54, 1.807) is 12.1 Å². The fourth-order valence-electron chi connectivity index (χ4n) is 0.900. The average molecular weight is 188 g/mol. The van der Waals surface area contributed by atoms with E-state index in [1.807, 2.05) is 6.92 Å². The molecule has 3 heteroatoms. The first-order chi connectivity index (χ1) is 5.75. The number of halogens is 2. The Morgan fingerprint density at radius 2 is 2.25 bits per heavy atom. The minimum Gasteiger partial charge on any atom is -0.383 e. The predicted octanol–water partition coefficient (Wildman–Crippen LogP) is 3.30. The maximum absolute atomic E-state index is 13.1. The van der Waals surface area contributed by atoms with Crippen molar-refractivity contribution in [3.8, 4) is 0 Å². The van der Waals surface area contributed by atoms with E-state index in [-0.39, 0.29) is 10.8 Å². The van der Waals surface area contributed by atoms with Crippen molar-refractivity contribution < 1.29 is 4.39 Å². The Kier molecular flexibility index (Phi) is 3.35. The van der Waals surface area contributed by atoms with Crippen molar-refractivity contribution in [2.45, 2.75) is 13.3 Å². The standard InChI is InChI=1S/C9H11ClFN/c1-2-6-12-8-5-3-4-7(10)9(8)11/h3-5,12H,2,6H2,1H3. The zero-order chi connectivity index (χ0) is 8.97. The van der Waals surface area contributed by atoms with Gasteiger partial charge in [-0.15, -0.1) is 0 Å². The van der Waals surface area contributed by atoms with Crippen molar-refractivity contribution in [1.29, 1.82) is 0 Å². The summed E-state index contributed by atoms with van der Waals surface area (Å²) >= 11 is 5.58. The molecule has 12 heavy (non-hydrogen) atoms. The Bertz CT molecular complexity index is 263. The molecule has 0 unspecified atom stereocenters. The molecule has 0 heterocycles. The molecular formula is C9H11ClFN. The lowest BCUT2D eigenvalue weighted by atomic mass is 10.3. The quantitative estimate of drug-likeness (QED) is 0.766. The number of nitrogens with one attached hydrogen (secondary N) is 1. The second kappa shape index (κ2) is 4.31. The van der Waals surface area contributed by atoms with Gasteiger partial charge < -0.3 is 5.32 Å². The molecule has 1 rings (SSSR count). The highest BCUT2D eigenvalue weighted by atomic mass is 35.5. The SMILES string of the molecule is CCCNc1cccc(Cl)c1F. The van der Waals surface area contributed by atoms with E-state index in [2.05, 4.69) is 5.32 Å². The molecule has 66 valence electrons. The summed E-state index contributed by atoms with van der Waals surface area (Å²) in [7, 11) is 0. The van der Waals surface area contributed by atoms with Crippen molar-refractivity contribution >= 4 is 17.3 Å². The first kappa shape index (κ1) is 9.33. The number of rotatable bonds is 3. The Labute approximate surface area is 76.5 Å². The topological polar surface area (TPSA) is 12.0 Å². The zero-order valence-electron chi connectivity index (χ0n) is 6.90. The van der Waals surface area contributed by atoms with Crippen LogP contribution < -0.4 is 5.32 Å². The normalized spacial score (nSPS) is 9.92. The van der Waals surface area contributed by atoms with Crippen LogP contribution >= 0.6 is 11.6 Å². The summed E-state index contributed by atoms with van der Waals surface area (Å²) in [5, 5.41) is 3.11. The lowest BCUT2D eigenvalue weighted by Crippen LogP contribution is -2.01. The van der Waals surface area contributed by atoms with Gasteiger partial charge in [-0.3, -0.25) is 0 Å². The number of hydrogen-bond acceptors (Lipinski definition) is 1. The Morgan fingerprint density at radius 3 is 2.92 bits per heavy atom. The molecule has 0 aliphatic heterocycles. The van der Waals surface area contributed by atoms with Crippen molar-refractivity contribution in [2.24, 2.45) is 0 Å². The minimum atomic E-state index is -0.368. The lowest BCUT2D eigenvalue weighted by Gasteiger charge is -2.05. The van der Waals surface area contributed by atoms with Gasteiger partial charge in [0.1, 0.15) is 0 Å². The van der Waals surface area contributed by atoms with Gasteiger partial charge >= 0.3 is 0 Å². The molecule has 0 bridgehead atoms. The summed E-state index contributed by atoms with van der Waals surface area (Å²) in [5.74, 6) is -0.368. The molecule has 0 aliphatic rings.